The summed E-state index contributed by atoms with van der Waals surface area (Å²) in [5.74, 6) is 0.660. The summed E-state index contributed by atoms with van der Waals surface area (Å²) in [7, 11) is 0.329. The Morgan fingerprint density at radius 2 is 2.56 bits per heavy atom. The van der Waals surface area contributed by atoms with Gasteiger partial charge in [0.1, 0.15) is 0 Å². The largest absolute Gasteiger partial charge is 0.420 e. The van der Waals surface area contributed by atoms with Crippen molar-refractivity contribution >= 4 is 7.05 Å². The predicted molar refractivity (Wildman–Crippen MR) is 39.4 cm³/mol. The van der Waals surface area contributed by atoms with Gasteiger partial charge in [-0.3, -0.25) is 0 Å². The Morgan fingerprint density at radius 1 is 1.78 bits per heavy atom. The van der Waals surface area contributed by atoms with Crippen molar-refractivity contribution in [2.45, 2.75) is 26.1 Å². The quantitative estimate of drug-likeness (QED) is 0.556. The van der Waals surface area contributed by atoms with Gasteiger partial charge in [0.15, 0.2) is 0 Å². The summed E-state index contributed by atoms with van der Waals surface area (Å²) in [6.07, 6.45) is 1.19. The number of hydrogen-bond donors (Lipinski definition) is 1. The van der Waals surface area contributed by atoms with Crippen molar-refractivity contribution in [2.75, 3.05) is 13.2 Å². The van der Waals surface area contributed by atoms with Crippen LogP contribution >= 0.6 is 0 Å². The van der Waals surface area contributed by atoms with E-state index in [9.17, 15) is 0 Å². The Morgan fingerprint density at radius 3 is 3.00 bits per heavy atom. The van der Waals surface area contributed by atoms with Gasteiger partial charge in [0.25, 0.3) is 0 Å². The maximum Gasteiger partial charge on any atom is 0.382 e. The van der Waals surface area contributed by atoms with Crippen LogP contribution in [0, 0.1) is 0 Å². The van der Waals surface area contributed by atoms with Crippen LogP contribution in [0.2, 0.25) is 5.82 Å². The van der Waals surface area contributed by atoms with Crippen LogP contribution in [0.3, 0.4) is 0 Å². The minimum atomic E-state index is 0.329. The van der Waals surface area contributed by atoms with Gasteiger partial charge in [-0.15, -0.1) is 0 Å². The second-order valence-corrected chi connectivity index (χ2v) is 2.63. The fourth-order valence-electron chi connectivity index (χ4n) is 1.03. The van der Waals surface area contributed by atoms with Gasteiger partial charge in [0.2, 0.25) is 0 Å². The first-order chi connectivity index (χ1) is 4.34. The third kappa shape index (κ3) is 1.70. The zero-order chi connectivity index (χ0) is 6.69. The summed E-state index contributed by atoms with van der Waals surface area (Å²) in [4.78, 5) is 0. The van der Waals surface area contributed by atoms with E-state index in [1.165, 1.54) is 6.42 Å². The molecule has 0 bridgehead atoms. The van der Waals surface area contributed by atoms with E-state index < -0.39 is 0 Å². The SMILES string of the molecule is CCC(C)B1NCCO1. The third-order valence-electron chi connectivity index (χ3n) is 1.91. The molecule has 0 aliphatic carbocycles. The summed E-state index contributed by atoms with van der Waals surface area (Å²) in [5.41, 5.74) is 0. The highest BCUT2D eigenvalue weighted by molar-refractivity contribution is 6.51. The molecule has 1 rings (SSSR count). The van der Waals surface area contributed by atoms with Crippen molar-refractivity contribution in [2.24, 2.45) is 0 Å². The van der Waals surface area contributed by atoms with Crippen LogP contribution in [0.1, 0.15) is 20.3 Å². The Balaban J connectivity index is 2.24. The van der Waals surface area contributed by atoms with E-state index in [2.05, 4.69) is 19.1 Å². The van der Waals surface area contributed by atoms with Crippen molar-refractivity contribution in [3.05, 3.63) is 0 Å². The van der Waals surface area contributed by atoms with Crippen LogP contribution in [0.4, 0.5) is 0 Å². The van der Waals surface area contributed by atoms with Crippen molar-refractivity contribution in [3.8, 4) is 0 Å². The molecule has 1 N–H and O–H groups in total. The highest BCUT2D eigenvalue weighted by Crippen LogP contribution is 2.14. The molecule has 1 atom stereocenters. The fourth-order valence-corrected chi connectivity index (χ4v) is 1.03. The molecule has 3 heteroatoms. The lowest BCUT2D eigenvalue weighted by atomic mass is 9.68. The van der Waals surface area contributed by atoms with E-state index in [4.69, 9.17) is 4.65 Å². The number of nitrogens with one attached hydrogen (secondary N) is 1. The molecule has 0 saturated carbocycles. The molecule has 0 aromatic carbocycles. The van der Waals surface area contributed by atoms with Crippen molar-refractivity contribution in [1.82, 2.24) is 5.23 Å². The smallest absolute Gasteiger partial charge is 0.382 e. The molecule has 1 aliphatic heterocycles. The van der Waals surface area contributed by atoms with Crippen LogP contribution in [0.5, 0.6) is 0 Å². The molecule has 0 aromatic heterocycles. The highest BCUT2D eigenvalue weighted by Gasteiger charge is 2.26. The lowest BCUT2D eigenvalue weighted by Crippen LogP contribution is -2.32. The van der Waals surface area contributed by atoms with Gasteiger partial charge in [-0.1, -0.05) is 20.3 Å². The topological polar surface area (TPSA) is 21.3 Å². The molecule has 1 heterocycles. The summed E-state index contributed by atoms with van der Waals surface area (Å²) >= 11 is 0. The second-order valence-electron chi connectivity index (χ2n) is 2.63. The van der Waals surface area contributed by atoms with E-state index in [1.54, 1.807) is 0 Å². The minimum absolute atomic E-state index is 0.329. The van der Waals surface area contributed by atoms with Crippen molar-refractivity contribution in [1.29, 1.82) is 0 Å². The van der Waals surface area contributed by atoms with Crippen molar-refractivity contribution in [3.63, 3.8) is 0 Å². The molecular weight excluding hydrogens is 113 g/mol. The monoisotopic (exact) mass is 127 g/mol. The molecule has 9 heavy (non-hydrogen) atoms. The molecule has 0 spiro atoms. The molecule has 1 fully saturated rings. The molecule has 0 amide bonds. The van der Waals surface area contributed by atoms with E-state index in [0.717, 1.165) is 13.2 Å². The van der Waals surface area contributed by atoms with E-state index in [1.807, 2.05) is 0 Å². The summed E-state index contributed by atoms with van der Waals surface area (Å²) < 4.78 is 5.39. The third-order valence-corrected chi connectivity index (χ3v) is 1.91. The Kier molecular flexibility index (Phi) is 2.55. The average molecular weight is 127 g/mol. The maximum atomic E-state index is 5.39. The van der Waals surface area contributed by atoms with Crippen LogP contribution in [-0.4, -0.2) is 20.2 Å². The number of hydrogen-bond acceptors (Lipinski definition) is 2. The predicted octanol–water partition coefficient (Wildman–Crippen LogP) is 0.894. The standard InChI is InChI=1S/C6H14BNO/c1-3-6(2)7-8-4-5-9-7/h6,8H,3-5H2,1-2H3. The van der Waals surface area contributed by atoms with Crippen LogP contribution in [0.25, 0.3) is 0 Å². The van der Waals surface area contributed by atoms with E-state index in [0.29, 0.717) is 12.9 Å². The Labute approximate surface area is 57.1 Å². The van der Waals surface area contributed by atoms with Gasteiger partial charge in [-0.2, -0.15) is 0 Å². The average Bonchev–Trinajstić information content (AvgIpc) is 2.37. The maximum absolute atomic E-state index is 5.39. The molecule has 1 aliphatic rings. The van der Waals surface area contributed by atoms with E-state index in [-0.39, 0.29) is 0 Å². The van der Waals surface area contributed by atoms with Crippen LogP contribution < -0.4 is 5.23 Å². The first kappa shape index (κ1) is 7.10. The normalized spacial score (nSPS) is 22.7. The number of rotatable bonds is 2. The molecule has 0 radical (unpaired) electrons. The van der Waals surface area contributed by atoms with Crippen molar-refractivity contribution < 1.29 is 4.65 Å². The summed E-state index contributed by atoms with van der Waals surface area (Å²) in [6.45, 7) is 6.31. The second kappa shape index (κ2) is 3.23. The minimum Gasteiger partial charge on any atom is -0.420 e. The molecular formula is C6H14BNO. The Bertz CT molecular complexity index is 83.1. The highest BCUT2D eigenvalue weighted by atomic mass is 16.5. The van der Waals surface area contributed by atoms with Gasteiger partial charge in [-0.25, -0.2) is 0 Å². The zero-order valence-corrected chi connectivity index (χ0v) is 6.18. The van der Waals surface area contributed by atoms with Gasteiger partial charge in [0, 0.05) is 13.2 Å². The summed E-state index contributed by atoms with van der Waals surface area (Å²) in [6, 6.07) is 0. The first-order valence-corrected chi connectivity index (χ1v) is 3.69. The lowest BCUT2D eigenvalue weighted by Gasteiger charge is -2.10. The molecule has 0 aromatic rings. The van der Waals surface area contributed by atoms with Crippen LogP contribution in [0.15, 0.2) is 0 Å². The fraction of sp³-hybridized carbons (Fsp3) is 1.00. The van der Waals surface area contributed by atoms with E-state index >= 15 is 0 Å². The van der Waals surface area contributed by atoms with Gasteiger partial charge < -0.3 is 9.88 Å². The molecule has 52 valence electrons. The molecule has 1 saturated heterocycles. The van der Waals surface area contributed by atoms with Gasteiger partial charge in [-0.05, 0) is 5.82 Å². The van der Waals surface area contributed by atoms with Crippen LogP contribution in [-0.2, 0) is 4.65 Å². The van der Waals surface area contributed by atoms with Gasteiger partial charge in [0.05, 0.1) is 0 Å². The zero-order valence-electron chi connectivity index (χ0n) is 6.18. The first-order valence-electron chi connectivity index (χ1n) is 3.69. The molecule has 2 nitrogen and oxygen atoms in total. The lowest BCUT2D eigenvalue weighted by molar-refractivity contribution is 0.362. The Hall–Kier alpha value is -0.0151. The molecule has 1 unspecified atom stereocenters. The summed E-state index contributed by atoms with van der Waals surface area (Å²) in [5, 5.41) is 3.29. The van der Waals surface area contributed by atoms with Gasteiger partial charge >= 0.3 is 7.05 Å².